The highest BCUT2D eigenvalue weighted by atomic mass is 14.9. The Labute approximate surface area is 66.7 Å². The molecule has 0 saturated carbocycles. The quantitative estimate of drug-likeness (QED) is 0.661. The van der Waals surface area contributed by atoms with E-state index in [0.717, 1.165) is 11.3 Å². The van der Waals surface area contributed by atoms with Gasteiger partial charge in [0.15, 0.2) is 0 Å². The zero-order valence-corrected chi connectivity index (χ0v) is 7.13. The fourth-order valence-electron chi connectivity index (χ4n) is 1.22. The average Bonchev–Trinajstić information content (AvgIpc) is 1.85. The molecule has 0 atom stereocenters. The van der Waals surface area contributed by atoms with Crippen molar-refractivity contribution in [1.82, 2.24) is 9.97 Å². The Morgan fingerprint density at radius 2 is 2.00 bits per heavy atom. The summed E-state index contributed by atoms with van der Waals surface area (Å²) in [5.41, 5.74) is 7.71. The third kappa shape index (κ3) is 1.48. The number of aryl methyl sites for hydroxylation is 1. The van der Waals surface area contributed by atoms with Crippen LogP contribution in [0.15, 0.2) is 6.33 Å². The Hall–Kier alpha value is -1.12. The van der Waals surface area contributed by atoms with Gasteiger partial charge in [-0.15, -0.1) is 0 Å². The average molecular weight is 151 g/mol. The van der Waals surface area contributed by atoms with Crippen LogP contribution in [0.4, 0.5) is 5.82 Å². The molecule has 1 heterocycles. The van der Waals surface area contributed by atoms with E-state index >= 15 is 0 Å². The fraction of sp³-hybridized carbons (Fsp3) is 0.500. The number of hydrogen-bond donors (Lipinski definition) is 1. The summed E-state index contributed by atoms with van der Waals surface area (Å²) < 4.78 is 0. The maximum Gasteiger partial charge on any atom is 0.130 e. The van der Waals surface area contributed by atoms with E-state index in [9.17, 15) is 0 Å². The summed E-state index contributed by atoms with van der Waals surface area (Å²) in [5, 5.41) is 0. The van der Waals surface area contributed by atoms with Gasteiger partial charge in [0.25, 0.3) is 0 Å². The molecule has 1 aromatic heterocycles. The molecule has 0 aliphatic heterocycles. The number of hydrogen-bond acceptors (Lipinski definition) is 3. The Bertz CT molecular complexity index is 235. The molecule has 0 fully saturated rings. The number of rotatable bonds is 1. The first kappa shape index (κ1) is 7.98. The maximum atomic E-state index is 5.67. The summed E-state index contributed by atoms with van der Waals surface area (Å²) in [6.45, 7) is 6.12. The molecule has 0 unspecified atom stereocenters. The first-order valence-electron chi connectivity index (χ1n) is 3.70. The maximum absolute atomic E-state index is 5.67. The molecular weight excluding hydrogens is 138 g/mol. The summed E-state index contributed by atoms with van der Waals surface area (Å²) in [7, 11) is 0. The summed E-state index contributed by atoms with van der Waals surface area (Å²) >= 11 is 0. The predicted octanol–water partition coefficient (Wildman–Crippen LogP) is 1.49. The standard InChI is InChI=1S/C8H13N3/c1-5(2)7-6(3)10-4-11-8(7)9/h4-5H,1-3H3,(H2,9,10,11). The van der Waals surface area contributed by atoms with Crippen molar-refractivity contribution in [3.8, 4) is 0 Å². The second kappa shape index (κ2) is 2.86. The van der Waals surface area contributed by atoms with E-state index < -0.39 is 0 Å². The highest BCUT2D eigenvalue weighted by molar-refractivity contribution is 5.42. The van der Waals surface area contributed by atoms with Crippen LogP contribution < -0.4 is 5.73 Å². The van der Waals surface area contributed by atoms with E-state index in [1.807, 2.05) is 6.92 Å². The van der Waals surface area contributed by atoms with Crippen LogP contribution in [0.2, 0.25) is 0 Å². The molecule has 0 bridgehead atoms. The third-order valence-electron chi connectivity index (χ3n) is 1.69. The van der Waals surface area contributed by atoms with Crippen LogP contribution in [0, 0.1) is 6.92 Å². The Kier molecular flexibility index (Phi) is 2.08. The number of aromatic nitrogens is 2. The molecule has 0 aromatic carbocycles. The molecular formula is C8H13N3. The predicted molar refractivity (Wildman–Crippen MR) is 45.3 cm³/mol. The van der Waals surface area contributed by atoms with Gasteiger partial charge in [-0.25, -0.2) is 9.97 Å². The van der Waals surface area contributed by atoms with Gasteiger partial charge in [0, 0.05) is 11.3 Å². The number of nitrogens with zero attached hydrogens (tertiary/aromatic N) is 2. The van der Waals surface area contributed by atoms with Crippen LogP contribution in [0.3, 0.4) is 0 Å². The van der Waals surface area contributed by atoms with Crippen molar-refractivity contribution in [1.29, 1.82) is 0 Å². The van der Waals surface area contributed by atoms with Crippen LogP contribution in [0.1, 0.15) is 31.0 Å². The lowest BCUT2D eigenvalue weighted by Gasteiger charge is -2.09. The molecule has 0 spiro atoms. The fourth-order valence-corrected chi connectivity index (χ4v) is 1.22. The minimum atomic E-state index is 0.399. The van der Waals surface area contributed by atoms with Crippen LogP contribution in [0.5, 0.6) is 0 Å². The number of nitrogens with two attached hydrogens (primary N) is 1. The van der Waals surface area contributed by atoms with E-state index in [-0.39, 0.29) is 0 Å². The van der Waals surface area contributed by atoms with Gasteiger partial charge in [0.1, 0.15) is 12.1 Å². The van der Waals surface area contributed by atoms with E-state index in [4.69, 9.17) is 5.73 Å². The number of nitrogen functional groups attached to an aromatic ring is 1. The molecule has 11 heavy (non-hydrogen) atoms. The summed E-state index contributed by atoms with van der Waals surface area (Å²) in [6, 6.07) is 0. The van der Waals surface area contributed by atoms with Crippen molar-refractivity contribution < 1.29 is 0 Å². The largest absolute Gasteiger partial charge is 0.383 e. The molecule has 2 N–H and O–H groups in total. The monoisotopic (exact) mass is 151 g/mol. The normalized spacial score (nSPS) is 10.5. The second-order valence-electron chi connectivity index (χ2n) is 2.91. The summed E-state index contributed by atoms with van der Waals surface area (Å²) in [6.07, 6.45) is 1.50. The van der Waals surface area contributed by atoms with Crippen molar-refractivity contribution in [3.63, 3.8) is 0 Å². The number of anilines is 1. The van der Waals surface area contributed by atoms with Crippen LogP contribution in [-0.2, 0) is 0 Å². The topological polar surface area (TPSA) is 51.8 Å². The van der Waals surface area contributed by atoms with Crippen LogP contribution in [0.25, 0.3) is 0 Å². The third-order valence-corrected chi connectivity index (χ3v) is 1.69. The van der Waals surface area contributed by atoms with Gasteiger partial charge in [-0.1, -0.05) is 13.8 Å². The lowest BCUT2D eigenvalue weighted by atomic mass is 10.0. The van der Waals surface area contributed by atoms with E-state index in [1.165, 1.54) is 6.33 Å². The van der Waals surface area contributed by atoms with Crippen LogP contribution in [-0.4, -0.2) is 9.97 Å². The van der Waals surface area contributed by atoms with Gasteiger partial charge >= 0.3 is 0 Å². The summed E-state index contributed by atoms with van der Waals surface area (Å²) in [4.78, 5) is 8.00. The highest BCUT2D eigenvalue weighted by Crippen LogP contribution is 2.21. The minimum absolute atomic E-state index is 0.399. The molecule has 0 saturated heterocycles. The molecule has 0 radical (unpaired) electrons. The van der Waals surface area contributed by atoms with E-state index in [2.05, 4.69) is 23.8 Å². The van der Waals surface area contributed by atoms with Gasteiger partial charge < -0.3 is 5.73 Å². The molecule has 60 valence electrons. The first-order valence-corrected chi connectivity index (χ1v) is 3.70. The SMILES string of the molecule is Cc1ncnc(N)c1C(C)C. The van der Waals surface area contributed by atoms with Crippen molar-refractivity contribution >= 4 is 5.82 Å². The molecule has 3 heteroatoms. The van der Waals surface area contributed by atoms with Crippen molar-refractivity contribution in [2.45, 2.75) is 26.7 Å². The first-order chi connectivity index (χ1) is 5.13. The van der Waals surface area contributed by atoms with Crippen molar-refractivity contribution in [3.05, 3.63) is 17.6 Å². The van der Waals surface area contributed by atoms with Crippen molar-refractivity contribution in [2.24, 2.45) is 0 Å². The Morgan fingerprint density at radius 1 is 1.36 bits per heavy atom. The second-order valence-corrected chi connectivity index (χ2v) is 2.91. The molecule has 0 amide bonds. The Morgan fingerprint density at radius 3 is 2.36 bits per heavy atom. The van der Waals surface area contributed by atoms with Crippen molar-refractivity contribution in [2.75, 3.05) is 5.73 Å². The van der Waals surface area contributed by atoms with Crippen LogP contribution >= 0.6 is 0 Å². The lowest BCUT2D eigenvalue weighted by Crippen LogP contribution is -2.03. The van der Waals surface area contributed by atoms with Gasteiger partial charge in [-0.3, -0.25) is 0 Å². The molecule has 0 aliphatic carbocycles. The van der Waals surface area contributed by atoms with Gasteiger partial charge in [0.2, 0.25) is 0 Å². The lowest BCUT2D eigenvalue weighted by molar-refractivity contribution is 0.834. The molecule has 1 rings (SSSR count). The zero-order chi connectivity index (χ0) is 8.43. The smallest absolute Gasteiger partial charge is 0.130 e. The zero-order valence-electron chi connectivity index (χ0n) is 7.13. The van der Waals surface area contributed by atoms with E-state index in [1.54, 1.807) is 0 Å². The van der Waals surface area contributed by atoms with Gasteiger partial charge in [0.05, 0.1) is 0 Å². The minimum Gasteiger partial charge on any atom is -0.383 e. The summed E-state index contributed by atoms with van der Waals surface area (Å²) in [5.74, 6) is 1.00. The van der Waals surface area contributed by atoms with E-state index in [0.29, 0.717) is 11.7 Å². The van der Waals surface area contributed by atoms with Gasteiger partial charge in [-0.2, -0.15) is 0 Å². The molecule has 3 nitrogen and oxygen atoms in total. The van der Waals surface area contributed by atoms with Gasteiger partial charge in [-0.05, 0) is 12.8 Å². The Balaban J connectivity index is 3.21. The molecule has 1 aromatic rings. The highest BCUT2D eigenvalue weighted by Gasteiger charge is 2.08. The molecule has 0 aliphatic rings.